The van der Waals surface area contributed by atoms with Crippen LogP contribution in [-0.4, -0.2) is 31.7 Å². The van der Waals surface area contributed by atoms with E-state index in [2.05, 4.69) is 15.4 Å². The Morgan fingerprint density at radius 3 is 2.62 bits per heavy atom. The Balaban J connectivity index is 1.05. The maximum atomic E-state index is 13.8. The summed E-state index contributed by atoms with van der Waals surface area (Å²) in [5.74, 6) is -0.692. The predicted octanol–water partition coefficient (Wildman–Crippen LogP) is 4.78. The second kappa shape index (κ2) is 9.10. The van der Waals surface area contributed by atoms with Crippen molar-refractivity contribution in [3.05, 3.63) is 66.8 Å². The summed E-state index contributed by atoms with van der Waals surface area (Å²) in [4.78, 5) is 27.6. The maximum absolute atomic E-state index is 13.8. The van der Waals surface area contributed by atoms with Crippen LogP contribution in [0, 0.1) is 35.3 Å². The van der Waals surface area contributed by atoms with Gasteiger partial charge in [0.2, 0.25) is 5.91 Å². The highest BCUT2D eigenvalue weighted by Crippen LogP contribution is 2.64. The van der Waals surface area contributed by atoms with Crippen LogP contribution in [-0.2, 0) is 21.1 Å². The van der Waals surface area contributed by atoms with Crippen molar-refractivity contribution in [2.45, 2.75) is 32.5 Å². The van der Waals surface area contributed by atoms with Crippen molar-refractivity contribution in [1.29, 1.82) is 0 Å². The van der Waals surface area contributed by atoms with Gasteiger partial charge in [0, 0.05) is 41.5 Å². The number of rotatable bonds is 8. The van der Waals surface area contributed by atoms with Crippen LogP contribution >= 0.6 is 0 Å². The normalized spacial score (nSPS) is 23.0. The van der Waals surface area contributed by atoms with Gasteiger partial charge in [-0.1, -0.05) is 19.1 Å². The molecule has 37 heavy (non-hydrogen) atoms. The topological polar surface area (TPSA) is 91.0 Å². The Morgan fingerprint density at radius 2 is 1.89 bits per heavy atom. The molecule has 0 radical (unpaired) electrons. The first-order chi connectivity index (χ1) is 17.9. The molecule has 2 aliphatic rings. The van der Waals surface area contributed by atoms with Crippen LogP contribution in [0.4, 0.5) is 14.5 Å². The fraction of sp³-hybridized carbons (Fsp3) is 0.333. The van der Waals surface area contributed by atoms with Gasteiger partial charge in [0.15, 0.2) is 18.4 Å². The third-order valence-electron chi connectivity index (χ3n) is 7.88. The minimum atomic E-state index is -0.890. The standard InChI is InChI=1S/C27H25F2N5O3/c1-15(27(36)32-18-4-2-16(3-5-18)17-10-31-33(11-17)13-37-14-35)26-20-6-19(7-21(20)26)34-12-30-24-8-22(28)23(29)9-25(24)34/h2-5,8-12,14-15,19-21,26H,6-7,13H2,1H3,(H,32,36)/t15-,19?,20-,21+,26?/m0/s1. The predicted molar refractivity (Wildman–Crippen MR) is 131 cm³/mol. The van der Waals surface area contributed by atoms with Gasteiger partial charge in [-0.15, -0.1) is 0 Å². The highest BCUT2D eigenvalue weighted by Gasteiger charge is 2.59. The lowest BCUT2D eigenvalue weighted by Gasteiger charge is -2.20. The molecule has 2 aromatic heterocycles. The summed E-state index contributed by atoms with van der Waals surface area (Å²) in [6, 6.07) is 10.1. The van der Waals surface area contributed by atoms with Crippen LogP contribution in [0.1, 0.15) is 25.8 Å². The quantitative estimate of drug-likeness (QED) is 0.348. The summed E-state index contributed by atoms with van der Waals surface area (Å²) in [5, 5.41) is 7.18. The van der Waals surface area contributed by atoms with E-state index in [1.807, 2.05) is 35.8 Å². The highest BCUT2D eigenvalue weighted by atomic mass is 19.2. The Bertz CT molecular complexity index is 1470. The van der Waals surface area contributed by atoms with E-state index in [1.54, 1.807) is 18.7 Å². The molecule has 2 saturated carbocycles. The average Bonchev–Trinajstić information content (AvgIpc) is 3.32. The van der Waals surface area contributed by atoms with Gasteiger partial charge < -0.3 is 14.6 Å². The molecule has 0 saturated heterocycles. The zero-order valence-electron chi connectivity index (χ0n) is 20.1. The van der Waals surface area contributed by atoms with E-state index in [1.165, 1.54) is 10.7 Å². The summed E-state index contributed by atoms with van der Waals surface area (Å²) in [6.45, 7) is 2.40. The van der Waals surface area contributed by atoms with Crippen LogP contribution in [0.3, 0.4) is 0 Å². The number of nitrogens with zero attached hydrogens (tertiary/aromatic N) is 4. The number of benzene rings is 2. The molecule has 2 aromatic carbocycles. The first kappa shape index (κ1) is 23.3. The second-order valence-electron chi connectivity index (χ2n) is 9.95. The first-order valence-corrected chi connectivity index (χ1v) is 12.2. The van der Waals surface area contributed by atoms with E-state index in [0.29, 0.717) is 35.3 Å². The minimum absolute atomic E-state index is 0.00633. The third kappa shape index (κ3) is 4.26. The van der Waals surface area contributed by atoms with Gasteiger partial charge in [-0.3, -0.25) is 9.59 Å². The van der Waals surface area contributed by atoms with E-state index in [0.717, 1.165) is 35.7 Å². The number of anilines is 1. The molecule has 4 aromatic rings. The van der Waals surface area contributed by atoms with Crippen LogP contribution < -0.4 is 5.32 Å². The molecule has 2 fully saturated rings. The summed E-state index contributed by atoms with van der Waals surface area (Å²) in [6.07, 6.45) is 6.93. The van der Waals surface area contributed by atoms with Gasteiger partial charge in [0.05, 0.1) is 23.6 Å². The van der Waals surface area contributed by atoms with Gasteiger partial charge in [-0.05, 0) is 48.3 Å². The van der Waals surface area contributed by atoms with Crippen LogP contribution in [0.5, 0.6) is 0 Å². The van der Waals surface area contributed by atoms with Crippen molar-refractivity contribution < 1.29 is 23.1 Å². The van der Waals surface area contributed by atoms with Crippen LogP contribution in [0.25, 0.3) is 22.2 Å². The van der Waals surface area contributed by atoms with Crippen molar-refractivity contribution in [2.75, 3.05) is 5.32 Å². The Morgan fingerprint density at radius 1 is 1.16 bits per heavy atom. The lowest BCUT2D eigenvalue weighted by Crippen LogP contribution is -2.24. The number of imidazole rings is 1. The lowest BCUT2D eigenvalue weighted by atomic mass is 9.96. The molecule has 0 aliphatic heterocycles. The molecule has 10 heteroatoms. The molecule has 1 amide bonds. The van der Waals surface area contributed by atoms with Crippen molar-refractivity contribution in [2.24, 2.45) is 23.7 Å². The molecule has 1 N–H and O–H groups in total. The molecule has 0 spiro atoms. The fourth-order valence-corrected chi connectivity index (χ4v) is 6.01. The molecular weight excluding hydrogens is 480 g/mol. The number of hydrogen-bond donors (Lipinski definition) is 1. The number of carbonyl (C=O) groups is 2. The van der Waals surface area contributed by atoms with Crippen LogP contribution in [0.15, 0.2) is 55.1 Å². The average molecular weight is 506 g/mol. The molecule has 0 bridgehead atoms. The zero-order chi connectivity index (χ0) is 25.7. The molecule has 5 atom stereocenters. The summed E-state index contributed by atoms with van der Waals surface area (Å²) < 4.78 is 35.5. The van der Waals surface area contributed by atoms with Crippen molar-refractivity contribution in [1.82, 2.24) is 19.3 Å². The van der Waals surface area contributed by atoms with Gasteiger partial charge >= 0.3 is 0 Å². The highest BCUT2D eigenvalue weighted by molar-refractivity contribution is 5.93. The smallest absolute Gasteiger partial charge is 0.294 e. The van der Waals surface area contributed by atoms with Crippen molar-refractivity contribution >= 4 is 29.1 Å². The number of amides is 1. The van der Waals surface area contributed by atoms with Crippen molar-refractivity contribution in [3.63, 3.8) is 0 Å². The number of hydrogen-bond acceptors (Lipinski definition) is 5. The second-order valence-corrected chi connectivity index (χ2v) is 9.95. The molecule has 190 valence electrons. The van der Waals surface area contributed by atoms with Gasteiger partial charge in [0.25, 0.3) is 6.47 Å². The SMILES string of the molecule is C[C@H](C(=O)Nc1ccc(-c2cnn(COC=O)c2)cc1)C1[C@H]2CC(n3cnc4cc(F)c(F)cc43)C[C@@H]12. The number of halogens is 2. The van der Waals surface area contributed by atoms with E-state index >= 15 is 0 Å². The Kier molecular flexibility index (Phi) is 5.73. The number of aromatic nitrogens is 4. The molecular formula is C27H25F2N5O3. The van der Waals surface area contributed by atoms with E-state index < -0.39 is 11.6 Å². The summed E-state index contributed by atoms with van der Waals surface area (Å²) in [7, 11) is 0. The number of ether oxygens (including phenoxy) is 1. The molecule has 8 nitrogen and oxygen atoms in total. The van der Waals surface area contributed by atoms with Crippen LogP contribution in [0.2, 0.25) is 0 Å². The Hall–Kier alpha value is -4.08. The minimum Gasteiger partial charge on any atom is -0.445 e. The van der Waals surface area contributed by atoms with E-state index in [-0.39, 0.29) is 24.6 Å². The van der Waals surface area contributed by atoms with E-state index in [9.17, 15) is 18.4 Å². The third-order valence-corrected chi connectivity index (χ3v) is 7.88. The maximum Gasteiger partial charge on any atom is 0.294 e. The number of carbonyl (C=O) groups excluding carboxylic acids is 2. The van der Waals surface area contributed by atoms with Gasteiger partial charge in [0.1, 0.15) is 0 Å². The molecule has 2 heterocycles. The first-order valence-electron chi connectivity index (χ1n) is 12.2. The monoisotopic (exact) mass is 505 g/mol. The molecule has 6 rings (SSSR count). The van der Waals surface area contributed by atoms with Gasteiger partial charge in [-0.25, -0.2) is 18.4 Å². The fourth-order valence-electron chi connectivity index (χ4n) is 6.01. The largest absolute Gasteiger partial charge is 0.445 e. The van der Waals surface area contributed by atoms with Gasteiger partial charge in [-0.2, -0.15) is 5.10 Å². The zero-order valence-corrected chi connectivity index (χ0v) is 20.1. The molecule has 2 aliphatic carbocycles. The number of fused-ring (bicyclic) bond motifs is 2. The molecule has 2 unspecified atom stereocenters. The van der Waals surface area contributed by atoms with E-state index in [4.69, 9.17) is 4.74 Å². The number of nitrogens with one attached hydrogen (secondary N) is 1. The lowest BCUT2D eigenvalue weighted by molar-refractivity contribution is -0.132. The van der Waals surface area contributed by atoms with Crippen molar-refractivity contribution in [3.8, 4) is 11.1 Å². The Labute approximate surface area is 211 Å². The summed E-state index contributed by atoms with van der Waals surface area (Å²) in [5.41, 5.74) is 3.59. The summed E-state index contributed by atoms with van der Waals surface area (Å²) >= 11 is 0.